The van der Waals surface area contributed by atoms with E-state index in [1.54, 1.807) is 0 Å². The summed E-state index contributed by atoms with van der Waals surface area (Å²) in [5.41, 5.74) is 0. The van der Waals surface area contributed by atoms with Crippen molar-refractivity contribution < 1.29 is 5.11 Å². The third kappa shape index (κ3) is 2.44. The Morgan fingerprint density at radius 3 is 2.89 bits per heavy atom. The van der Waals surface area contributed by atoms with Crippen molar-refractivity contribution in [1.82, 2.24) is 5.32 Å². The van der Waals surface area contributed by atoms with Crippen molar-refractivity contribution in [2.75, 3.05) is 6.54 Å². The Kier molecular flexibility index (Phi) is 3.37. The van der Waals surface area contributed by atoms with Crippen LogP contribution in [0, 0.1) is 5.92 Å². The number of hydrogen-bond donors (Lipinski definition) is 2. The number of benzene rings is 1. The average Bonchev–Trinajstić information content (AvgIpc) is 2.76. The molecular weight excluding hydrogens is 242 g/mol. The van der Waals surface area contributed by atoms with E-state index in [0.717, 1.165) is 19.4 Å². The molecule has 0 bridgehead atoms. The highest BCUT2D eigenvalue weighted by atomic mass is 32.1. The lowest BCUT2D eigenvalue weighted by molar-refractivity contribution is 0.0421. The van der Waals surface area contributed by atoms with Crippen LogP contribution in [0.1, 0.15) is 30.7 Å². The van der Waals surface area contributed by atoms with Crippen molar-refractivity contribution in [2.24, 2.45) is 5.92 Å². The van der Waals surface area contributed by atoms with Crippen LogP contribution >= 0.6 is 11.3 Å². The Balaban J connectivity index is 1.62. The van der Waals surface area contributed by atoms with Gasteiger partial charge in [0.1, 0.15) is 0 Å². The molecule has 1 aromatic carbocycles. The molecule has 0 amide bonds. The van der Waals surface area contributed by atoms with Gasteiger partial charge in [0.2, 0.25) is 0 Å². The molecule has 1 unspecified atom stereocenters. The molecule has 1 heterocycles. The first-order valence-electron chi connectivity index (χ1n) is 6.62. The Bertz CT molecular complexity index is 497. The largest absolute Gasteiger partial charge is 0.393 e. The van der Waals surface area contributed by atoms with Crippen LogP contribution in [0.25, 0.3) is 10.1 Å². The molecule has 0 saturated heterocycles. The van der Waals surface area contributed by atoms with Gasteiger partial charge in [0.15, 0.2) is 0 Å². The highest BCUT2D eigenvalue weighted by Gasteiger charge is 2.27. The van der Waals surface area contributed by atoms with E-state index in [9.17, 15) is 5.11 Å². The second kappa shape index (κ2) is 5.00. The minimum Gasteiger partial charge on any atom is -0.393 e. The van der Waals surface area contributed by atoms with Gasteiger partial charge in [-0.2, -0.15) is 0 Å². The molecule has 1 fully saturated rings. The summed E-state index contributed by atoms with van der Waals surface area (Å²) >= 11 is 1.87. The topological polar surface area (TPSA) is 32.3 Å². The summed E-state index contributed by atoms with van der Waals surface area (Å²) in [6.07, 6.45) is 1.88. The smallest absolute Gasteiger partial charge is 0.0546 e. The minimum atomic E-state index is -0.0450. The number of aliphatic hydroxyl groups is 1. The van der Waals surface area contributed by atoms with Crippen LogP contribution in [0.3, 0.4) is 0 Å². The quantitative estimate of drug-likeness (QED) is 0.885. The van der Waals surface area contributed by atoms with Crippen LogP contribution in [0.4, 0.5) is 0 Å². The third-order valence-electron chi connectivity index (χ3n) is 3.79. The molecule has 1 aliphatic rings. The Morgan fingerprint density at radius 2 is 2.17 bits per heavy atom. The lowest BCUT2D eigenvalue weighted by Gasteiger charge is -2.32. The van der Waals surface area contributed by atoms with Crippen molar-refractivity contribution >= 4 is 21.4 Å². The molecule has 2 aromatic rings. The molecule has 0 spiro atoms. The molecule has 18 heavy (non-hydrogen) atoms. The fourth-order valence-electron chi connectivity index (χ4n) is 2.53. The van der Waals surface area contributed by atoms with Gasteiger partial charge in [0.25, 0.3) is 0 Å². The molecule has 0 aliphatic heterocycles. The maximum atomic E-state index is 9.27. The first-order valence-corrected chi connectivity index (χ1v) is 7.44. The fraction of sp³-hybridized carbons (Fsp3) is 0.467. The van der Waals surface area contributed by atoms with Crippen molar-refractivity contribution in [3.8, 4) is 0 Å². The van der Waals surface area contributed by atoms with Crippen molar-refractivity contribution in [3.63, 3.8) is 0 Å². The molecule has 1 atom stereocenters. The predicted molar refractivity (Wildman–Crippen MR) is 77.0 cm³/mol. The summed E-state index contributed by atoms with van der Waals surface area (Å²) < 4.78 is 1.36. The molecule has 96 valence electrons. The van der Waals surface area contributed by atoms with Crippen molar-refractivity contribution in [1.29, 1.82) is 0 Å². The van der Waals surface area contributed by atoms with Crippen LogP contribution in [0.5, 0.6) is 0 Å². The van der Waals surface area contributed by atoms with Crippen LogP contribution in [-0.2, 0) is 0 Å². The van der Waals surface area contributed by atoms with Gasteiger partial charge in [-0.1, -0.05) is 18.2 Å². The Morgan fingerprint density at radius 1 is 1.39 bits per heavy atom. The molecule has 3 rings (SSSR count). The molecule has 3 heteroatoms. The van der Waals surface area contributed by atoms with E-state index in [1.165, 1.54) is 15.0 Å². The van der Waals surface area contributed by atoms with E-state index >= 15 is 0 Å². The van der Waals surface area contributed by atoms with Crippen LogP contribution < -0.4 is 5.32 Å². The lowest BCUT2D eigenvalue weighted by atomic mass is 9.82. The first-order chi connectivity index (χ1) is 8.72. The maximum absolute atomic E-state index is 9.27. The zero-order valence-corrected chi connectivity index (χ0v) is 11.4. The van der Waals surface area contributed by atoms with Gasteiger partial charge in [-0.15, -0.1) is 11.3 Å². The van der Waals surface area contributed by atoms with Gasteiger partial charge < -0.3 is 10.4 Å². The number of fused-ring (bicyclic) bond motifs is 1. The summed E-state index contributed by atoms with van der Waals surface area (Å²) in [4.78, 5) is 1.40. The molecule has 1 aliphatic carbocycles. The number of nitrogens with one attached hydrogen (secondary N) is 1. The Labute approximate surface area is 112 Å². The van der Waals surface area contributed by atoms with E-state index in [-0.39, 0.29) is 6.10 Å². The van der Waals surface area contributed by atoms with Crippen molar-refractivity contribution in [3.05, 3.63) is 35.2 Å². The highest BCUT2D eigenvalue weighted by molar-refractivity contribution is 7.19. The second-order valence-corrected chi connectivity index (χ2v) is 6.42. The van der Waals surface area contributed by atoms with Gasteiger partial charge in [0, 0.05) is 15.6 Å². The number of aliphatic hydroxyl groups excluding tert-OH is 1. The van der Waals surface area contributed by atoms with Crippen LogP contribution in [0.15, 0.2) is 30.3 Å². The van der Waals surface area contributed by atoms with E-state index in [0.29, 0.717) is 12.0 Å². The minimum absolute atomic E-state index is 0.0450. The monoisotopic (exact) mass is 261 g/mol. The first kappa shape index (κ1) is 12.2. The molecule has 1 saturated carbocycles. The van der Waals surface area contributed by atoms with E-state index < -0.39 is 0 Å². The summed E-state index contributed by atoms with van der Waals surface area (Å²) in [6.45, 7) is 3.24. The lowest BCUT2D eigenvalue weighted by Crippen LogP contribution is -2.36. The normalized spacial score (nSPS) is 25.0. The average molecular weight is 261 g/mol. The zero-order chi connectivity index (χ0) is 12.5. The maximum Gasteiger partial charge on any atom is 0.0546 e. The fourth-order valence-corrected chi connectivity index (χ4v) is 3.62. The molecule has 2 N–H and O–H groups in total. The van der Waals surface area contributed by atoms with Gasteiger partial charge in [-0.25, -0.2) is 0 Å². The van der Waals surface area contributed by atoms with E-state index in [2.05, 4.69) is 42.6 Å². The summed E-state index contributed by atoms with van der Waals surface area (Å²) in [7, 11) is 0. The summed E-state index contributed by atoms with van der Waals surface area (Å²) in [6, 6.07) is 11.2. The highest BCUT2D eigenvalue weighted by Crippen LogP contribution is 2.31. The van der Waals surface area contributed by atoms with E-state index in [4.69, 9.17) is 0 Å². The van der Waals surface area contributed by atoms with Gasteiger partial charge in [-0.3, -0.25) is 0 Å². The molecule has 1 aromatic heterocycles. The summed E-state index contributed by atoms with van der Waals surface area (Å²) in [5.74, 6) is 0.664. The second-order valence-electron chi connectivity index (χ2n) is 5.31. The Hall–Kier alpha value is -0.900. The zero-order valence-electron chi connectivity index (χ0n) is 10.6. The molecule has 2 nitrogen and oxygen atoms in total. The third-order valence-corrected chi connectivity index (χ3v) is 5.09. The van der Waals surface area contributed by atoms with Crippen LogP contribution in [-0.4, -0.2) is 17.8 Å². The molecular formula is C15H19NOS. The molecule has 0 radical (unpaired) electrons. The van der Waals surface area contributed by atoms with Crippen molar-refractivity contribution in [2.45, 2.75) is 31.9 Å². The number of rotatable bonds is 4. The standard InChI is InChI=1S/C15H19NOS/c1-10(16-9-11-6-13(17)7-11)15-8-12-4-2-3-5-14(12)18-15/h2-5,8,10-11,13,16-17H,6-7,9H2,1H3. The number of thiophene rings is 1. The van der Waals surface area contributed by atoms with Gasteiger partial charge >= 0.3 is 0 Å². The number of hydrogen-bond acceptors (Lipinski definition) is 3. The summed E-state index contributed by atoms with van der Waals surface area (Å²) in [5, 5.41) is 14.2. The predicted octanol–water partition coefficient (Wildman–Crippen LogP) is 3.32. The van der Waals surface area contributed by atoms with Gasteiger partial charge in [0.05, 0.1) is 6.10 Å². The SMILES string of the molecule is CC(NCC1CC(O)C1)c1cc2ccccc2s1. The van der Waals surface area contributed by atoms with E-state index in [1.807, 2.05) is 11.3 Å². The van der Waals surface area contributed by atoms with Crippen LogP contribution in [0.2, 0.25) is 0 Å². The van der Waals surface area contributed by atoms with Gasteiger partial charge in [-0.05, 0) is 49.7 Å².